The topological polar surface area (TPSA) is 61.0 Å². The Bertz CT molecular complexity index is 342. The van der Waals surface area contributed by atoms with Gasteiger partial charge in [0.05, 0.1) is 29.6 Å². The first-order valence-corrected chi connectivity index (χ1v) is 5.00. The van der Waals surface area contributed by atoms with E-state index in [1.807, 2.05) is 0 Å². The van der Waals surface area contributed by atoms with Crippen molar-refractivity contribution < 1.29 is 4.74 Å². The third kappa shape index (κ3) is 1.01. The zero-order chi connectivity index (χ0) is 9.60. The van der Waals surface area contributed by atoms with Gasteiger partial charge in [-0.3, -0.25) is 9.97 Å². The lowest BCUT2D eigenvalue weighted by atomic mass is 9.80. The van der Waals surface area contributed by atoms with Crippen LogP contribution in [-0.4, -0.2) is 22.2 Å². The number of fused-ring (bicyclic) bond motifs is 2. The molecule has 14 heavy (non-hydrogen) atoms. The lowest BCUT2D eigenvalue weighted by Crippen LogP contribution is -2.46. The highest BCUT2D eigenvalue weighted by atomic mass is 16.5. The third-order valence-electron chi connectivity index (χ3n) is 3.29. The number of rotatable bonds is 1. The first-order valence-electron chi connectivity index (χ1n) is 5.00. The normalized spacial score (nSPS) is 40.4. The minimum Gasteiger partial charge on any atom is -0.373 e. The van der Waals surface area contributed by atoms with Gasteiger partial charge in [0.1, 0.15) is 0 Å². The van der Waals surface area contributed by atoms with Gasteiger partial charge in [0.15, 0.2) is 0 Å². The van der Waals surface area contributed by atoms with E-state index in [0.717, 1.165) is 25.0 Å². The van der Waals surface area contributed by atoms with Crippen LogP contribution in [0.25, 0.3) is 0 Å². The number of aromatic nitrogens is 2. The standard InChI is InChI=1S/C10H13N3O/c11-10(8-6-12-3-4-13-8)5-7-1-2-9(10)14-7/h3-4,6-7,9H,1-2,5,11H2. The van der Waals surface area contributed by atoms with E-state index in [-0.39, 0.29) is 6.10 Å². The van der Waals surface area contributed by atoms with Crippen molar-refractivity contribution in [3.8, 4) is 0 Å². The monoisotopic (exact) mass is 191 g/mol. The van der Waals surface area contributed by atoms with Crippen molar-refractivity contribution in [2.45, 2.75) is 37.0 Å². The Morgan fingerprint density at radius 2 is 2.36 bits per heavy atom. The molecule has 2 N–H and O–H groups in total. The zero-order valence-corrected chi connectivity index (χ0v) is 7.89. The van der Waals surface area contributed by atoms with Crippen LogP contribution in [0.4, 0.5) is 0 Å². The van der Waals surface area contributed by atoms with E-state index in [9.17, 15) is 0 Å². The molecule has 0 spiro atoms. The fraction of sp³-hybridized carbons (Fsp3) is 0.600. The van der Waals surface area contributed by atoms with Crippen LogP contribution in [0.3, 0.4) is 0 Å². The van der Waals surface area contributed by atoms with Crippen LogP contribution in [0.5, 0.6) is 0 Å². The summed E-state index contributed by atoms with van der Waals surface area (Å²) in [5, 5.41) is 0. The van der Waals surface area contributed by atoms with Gasteiger partial charge in [-0.05, 0) is 19.3 Å². The lowest BCUT2D eigenvalue weighted by molar-refractivity contribution is 0.0844. The summed E-state index contributed by atoms with van der Waals surface area (Å²) in [6.07, 6.45) is 8.68. The summed E-state index contributed by atoms with van der Waals surface area (Å²) in [5.41, 5.74) is 6.81. The van der Waals surface area contributed by atoms with Gasteiger partial charge < -0.3 is 10.5 Å². The second-order valence-corrected chi connectivity index (χ2v) is 4.16. The molecule has 2 aliphatic rings. The van der Waals surface area contributed by atoms with Gasteiger partial charge in [-0.1, -0.05) is 0 Å². The third-order valence-corrected chi connectivity index (χ3v) is 3.29. The molecular formula is C10H13N3O. The van der Waals surface area contributed by atoms with Gasteiger partial charge in [-0.15, -0.1) is 0 Å². The maximum atomic E-state index is 6.34. The number of hydrogen-bond acceptors (Lipinski definition) is 4. The molecule has 0 amide bonds. The molecule has 2 fully saturated rings. The molecule has 0 saturated carbocycles. The number of hydrogen-bond donors (Lipinski definition) is 1. The van der Waals surface area contributed by atoms with E-state index in [1.54, 1.807) is 18.6 Å². The molecule has 2 bridgehead atoms. The Morgan fingerprint density at radius 3 is 2.93 bits per heavy atom. The minimum atomic E-state index is -0.392. The van der Waals surface area contributed by atoms with E-state index < -0.39 is 5.54 Å². The molecule has 3 heterocycles. The molecule has 2 saturated heterocycles. The fourth-order valence-corrected chi connectivity index (χ4v) is 2.55. The van der Waals surface area contributed by atoms with Crippen LogP contribution >= 0.6 is 0 Å². The van der Waals surface area contributed by atoms with Gasteiger partial charge in [0.25, 0.3) is 0 Å². The molecule has 0 radical (unpaired) electrons. The largest absolute Gasteiger partial charge is 0.373 e. The minimum absolute atomic E-state index is 0.143. The van der Waals surface area contributed by atoms with E-state index in [2.05, 4.69) is 9.97 Å². The summed E-state index contributed by atoms with van der Waals surface area (Å²) in [4.78, 5) is 8.34. The molecule has 3 unspecified atom stereocenters. The average molecular weight is 191 g/mol. The SMILES string of the molecule is NC1(c2cnccn2)CC2CCC1O2. The van der Waals surface area contributed by atoms with Crippen LogP contribution in [-0.2, 0) is 10.3 Å². The van der Waals surface area contributed by atoms with Crippen LogP contribution in [0.2, 0.25) is 0 Å². The van der Waals surface area contributed by atoms with Crippen molar-refractivity contribution in [3.63, 3.8) is 0 Å². The number of ether oxygens (including phenoxy) is 1. The van der Waals surface area contributed by atoms with Crippen molar-refractivity contribution in [1.29, 1.82) is 0 Å². The molecule has 1 aromatic rings. The molecule has 4 nitrogen and oxygen atoms in total. The molecule has 3 rings (SSSR count). The van der Waals surface area contributed by atoms with Gasteiger partial charge >= 0.3 is 0 Å². The summed E-state index contributed by atoms with van der Waals surface area (Å²) in [5.74, 6) is 0. The van der Waals surface area contributed by atoms with Crippen molar-refractivity contribution in [2.75, 3.05) is 0 Å². The Balaban J connectivity index is 1.98. The molecule has 4 heteroatoms. The quantitative estimate of drug-likeness (QED) is 0.705. The van der Waals surface area contributed by atoms with Crippen molar-refractivity contribution in [1.82, 2.24) is 9.97 Å². The smallest absolute Gasteiger partial charge is 0.0889 e. The lowest BCUT2D eigenvalue weighted by Gasteiger charge is -2.29. The Morgan fingerprint density at radius 1 is 1.43 bits per heavy atom. The van der Waals surface area contributed by atoms with Crippen molar-refractivity contribution >= 4 is 0 Å². The van der Waals surface area contributed by atoms with Gasteiger partial charge in [-0.25, -0.2) is 0 Å². The second kappa shape index (κ2) is 2.74. The highest BCUT2D eigenvalue weighted by Crippen LogP contribution is 2.44. The highest BCUT2D eigenvalue weighted by Gasteiger charge is 2.51. The summed E-state index contributed by atoms with van der Waals surface area (Å²) < 4.78 is 5.75. The summed E-state index contributed by atoms with van der Waals surface area (Å²) in [6.45, 7) is 0. The Kier molecular flexibility index (Phi) is 1.63. The number of nitrogens with zero attached hydrogens (tertiary/aromatic N) is 2. The highest BCUT2D eigenvalue weighted by molar-refractivity contribution is 5.19. The molecule has 1 aromatic heterocycles. The predicted octanol–water partition coefficient (Wildman–Crippen LogP) is 0.582. The molecule has 0 aromatic carbocycles. The van der Waals surface area contributed by atoms with Crippen LogP contribution in [0, 0.1) is 0 Å². The first-order chi connectivity index (χ1) is 6.79. The van der Waals surface area contributed by atoms with Gasteiger partial charge in [-0.2, -0.15) is 0 Å². The summed E-state index contributed by atoms with van der Waals surface area (Å²) in [6, 6.07) is 0. The molecule has 2 aliphatic heterocycles. The molecule has 74 valence electrons. The summed E-state index contributed by atoms with van der Waals surface area (Å²) >= 11 is 0. The second-order valence-electron chi connectivity index (χ2n) is 4.16. The van der Waals surface area contributed by atoms with E-state index in [1.165, 1.54) is 0 Å². The maximum absolute atomic E-state index is 6.34. The van der Waals surface area contributed by atoms with E-state index in [4.69, 9.17) is 10.5 Å². The predicted molar refractivity (Wildman–Crippen MR) is 50.4 cm³/mol. The maximum Gasteiger partial charge on any atom is 0.0889 e. The van der Waals surface area contributed by atoms with E-state index >= 15 is 0 Å². The van der Waals surface area contributed by atoms with Gasteiger partial charge in [0, 0.05) is 12.4 Å². The van der Waals surface area contributed by atoms with Crippen molar-refractivity contribution in [3.05, 3.63) is 24.3 Å². The van der Waals surface area contributed by atoms with Crippen molar-refractivity contribution in [2.24, 2.45) is 5.73 Å². The zero-order valence-electron chi connectivity index (χ0n) is 7.89. The van der Waals surface area contributed by atoms with Crippen LogP contribution in [0.15, 0.2) is 18.6 Å². The van der Waals surface area contributed by atoms with Crippen LogP contribution in [0.1, 0.15) is 25.0 Å². The number of nitrogens with two attached hydrogens (primary N) is 1. The van der Waals surface area contributed by atoms with E-state index in [0.29, 0.717) is 6.10 Å². The first kappa shape index (κ1) is 8.32. The average Bonchev–Trinajstić information content (AvgIpc) is 2.79. The molecule has 3 atom stereocenters. The Labute approximate surface area is 82.5 Å². The fourth-order valence-electron chi connectivity index (χ4n) is 2.55. The van der Waals surface area contributed by atoms with Crippen LogP contribution < -0.4 is 5.73 Å². The molecular weight excluding hydrogens is 178 g/mol. The molecule has 0 aliphatic carbocycles. The van der Waals surface area contributed by atoms with Gasteiger partial charge in [0.2, 0.25) is 0 Å². The summed E-state index contributed by atoms with van der Waals surface area (Å²) in [7, 11) is 0. The Hall–Kier alpha value is -1.00.